The average Bonchev–Trinajstić information content (AvgIpc) is 2.87. The average molecular weight is 244 g/mol. The van der Waals surface area contributed by atoms with Gasteiger partial charge in [-0.3, -0.25) is 0 Å². The van der Waals surface area contributed by atoms with Crippen LogP contribution >= 0.6 is 0 Å². The number of aromatic amines is 1. The third-order valence-electron chi connectivity index (χ3n) is 6.14. The molecule has 2 nitrogen and oxygen atoms in total. The number of nitrogens with one attached hydrogen (secondary N) is 1. The monoisotopic (exact) mass is 244 g/mol. The largest absolute Gasteiger partial charge is 0.365 e. The summed E-state index contributed by atoms with van der Waals surface area (Å²) in [5, 5.41) is 0. The molecule has 4 saturated carbocycles. The quantitative estimate of drug-likeness (QED) is 0.843. The van der Waals surface area contributed by atoms with Gasteiger partial charge < -0.3 is 10.7 Å². The molecule has 1 heterocycles. The number of hydrogen-bond donors (Lipinski definition) is 2. The maximum absolute atomic E-state index is 5.83. The van der Waals surface area contributed by atoms with Crippen molar-refractivity contribution in [3.8, 4) is 0 Å². The van der Waals surface area contributed by atoms with Crippen molar-refractivity contribution in [2.45, 2.75) is 43.9 Å². The summed E-state index contributed by atoms with van der Waals surface area (Å²) in [5.41, 5.74) is 7.86. The van der Waals surface area contributed by atoms with Crippen molar-refractivity contribution in [3.05, 3.63) is 24.0 Å². The number of hydrogen-bond acceptors (Lipinski definition) is 1. The lowest BCUT2D eigenvalue weighted by molar-refractivity contribution is -0.0594. The van der Waals surface area contributed by atoms with Crippen molar-refractivity contribution >= 4 is 0 Å². The Kier molecular flexibility index (Phi) is 2.38. The van der Waals surface area contributed by atoms with E-state index < -0.39 is 0 Å². The normalized spacial score (nSPS) is 45.6. The first-order chi connectivity index (χ1) is 8.81. The molecule has 1 aromatic heterocycles. The van der Waals surface area contributed by atoms with Gasteiger partial charge in [0.15, 0.2) is 0 Å². The first kappa shape index (κ1) is 11.1. The molecule has 0 aromatic carbocycles. The zero-order valence-electron chi connectivity index (χ0n) is 11.1. The Morgan fingerprint density at radius 2 is 2.00 bits per heavy atom. The van der Waals surface area contributed by atoms with Crippen LogP contribution in [0.2, 0.25) is 0 Å². The fourth-order valence-corrected chi connectivity index (χ4v) is 5.78. The number of rotatable bonds is 3. The highest BCUT2D eigenvalue weighted by Gasteiger charge is 2.55. The van der Waals surface area contributed by atoms with Crippen molar-refractivity contribution < 1.29 is 0 Å². The zero-order valence-corrected chi connectivity index (χ0v) is 11.1. The molecular formula is C16H24N2. The fraction of sp³-hybridized carbons (Fsp3) is 0.750. The second kappa shape index (κ2) is 3.86. The maximum Gasteiger partial charge on any atom is 0.0210 e. The van der Waals surface area contributed by atoms with Gasteiger partial charge in [0.1, 0.15) is 0 Å². The Morgan fingerprint density at radius 1 is 1.22 bits per heavy atom. The van der Waals surface area contributed by atoms with E-state index >= 15 is 0 Å². The summed E-state index contributed by atoms with van der Waals surface area (Å²) >= 11 is 0. The highest BCUT2D eigenvalue weighted by Crippen LogP contribution is 2.63. The van der Waals surface area contributed by atoms with Gasteiger partial charge in [0, 0.05) is 17.3 Å². The van der Waals surface area contributed by atoms with Crippen LogP contribution in [0, 0.1) is 23.7 Å². The van der Waals surface area contributed by atoms with E-state index in [4.69, 9.17) is 5.73 Å². The first-order valence-electron chi connectivity index (χ1n) is 7.65. The number of H-pyrrole nitrogens is 1. The predicted molar refractivity (Wildman–Crippen MR) is 73.2 cm³/mol. The van der Waals surface area contributed by atoms with Crippen molar-refractivity contribution in [1.29, 1.82) is 0 Å². The molecule has 4 aliphatic carbocycles. The summed E-state index contributed by atoms with van der Waals surface area (Å²) in [6.07, 6.45) is 10.6. The Balaban J connectivity index is 1.67. The number of nitrogens with two attached hydrogens (primary N) is 1. The first-order valence-corrected chi connectivity index (χ1v) is 7.65. The van der Waals surface area contributed by atoms with E-state index in [-0.39, 0.29) is 0 Å². The highest BCUT2D eigenvalue weighted by molar-refractivity contribution is 5.24. The van der Waals surface area contributed by atoms with Crippen LogP contribution in [0.3, 0.4) is 0 Å². The molecule has 18 heavy (non-hydrogen) atoms. The highest BCUT2D eigenvalue weighted by atomic mass is 14.7. The van der Waals surface area contributed by atoms with Crippen LogP contribution in [0.15, 0.2) is 18.3 Å². The molecule has 2 heteroatoms. The van der Waals surface area contributed by atoms with Crippen LogP contribution in [-0.4, -0.2) is 11.5 Å². The minimum atomic E-state index is 0.505. The van der Waals surface area contributed by atoms with Gasteiger partial charge in [-0.25, -0.2) is 0 Å². The van der Waals surface area contributed by atoms with E-state index in [0.717, 1.165) is 30.2 Å². The van der Waals surface area contributed by atoms with Gasteiger partial charge in [-0.1, -0.05) is 0 Å². The Labute approximate surface area is 109 Å². The molecule has 98 valence electrons. The molecule has 2 atom stereocenters. The van der Waals surface area contributed by atoms with Gasteiger partial charge in [-0.15, -0.1) is 0 Å². The van der Waals surface area contributed by atoms with E-state index in [1.165, 1.54) is 44.2 Å². The molecule has 4 fully saturated rings. The van der Waals surface area contributed by atoms with Crippen LogP contribution in [-0.2, 0) is 5.41 Å². The van der Waals surface area contributed by atoms with Gasteiger partial charge in [0.05, 0.1) is 0 Å². The maximum atomic E-state index is 5.83. The van der Waals surface area contributed by atoms with E-state index in [0.29, 0.717) is 5.41 Å². The third kappa shape index (κ3) is 1.45. The minimum Gasteiger partial charge on any atom is -0.365 e. The van der Waals surface area contributed by atoms with Gasteiger partial charge in [0.25, 0.3) is 0 Å². The Morgan fingerprint density at radius 3 is 2.61 bits per heavy atom. The van der Waals surface area contributed by atoms with Crippen LogP contribution in [0.5, 0.6) is 0 Å². The van der Waals surface area contributed by atoms with Crippen LogP contribution < -0.4 is 5.73 Å². The summed E-state index contributed by atoms with van der Waals surface area (Å²) in [7, 11) is 0. The number of aromatic nitrogens is 1. The lowest BCUT2D eigenvalue weighted by atomic mass is 9.45. The molecule has 0 saturated heterocycles. The molecule has 4 aliphatic rings. The van der Waals surface area contributed by atoms with Gasteiger partial charge in [0.2, 0.25) is 0 Å². The molecule has 1 aromatic rings. The van der Waals surface area contributed by atoms with E-state index in [1.807, 2.05) is 0 Å². The lowest BCUT2D eigenvalue weighted by Crippen LogP contribution is -2.53. The second-order valence-corrected chi connectivity index (χ2v) is 7.08. The third-order valence-corrected chi connectivity index (χ3v) is 6.14. The van der Waals surface area contributed by atoms with Crippen molar-refractivity contribution in [2.24, 2.45) is 29.4 Å². The molecule has 0 spiro atoms. The van der Waals surface area contributed by atoms with E-state index in [2.05, 4.69) is 23.3 Å². The predicted octanol–water partition coefficient (Wildman–Crippen LogP) is 3.06. The van der Waals surface area contributed by atoms with E-state index in [9.17, 15) is 0 Å². The molecular weight excluding hydrogens is 220 g/mol. The summed E-state index contributed by atoms with van der Waals surface area (Å²) in [6.45, 7) is 0.887. The van der Waals surface area contributed by atoms with Crippen molar-refractivity contribution in [2.75, 3.05) is 6.54 Å². The van der Waals surface area contributed by atoms with Crippen molar-refractivity contribution in [3.63, 3.8) is 0 Å². The molecule has 4 bridgehead atoms. The lowest BCUT2D eigenvalue weighted by Gasteiger charge is -2.60. The SMILES string of the molecule is NCCC1C2CC3CC1CC(c1ccc[nH]1)(C3)C2. The van der Waals surface area contributed by atoms with Crippen LogP contribution in [0.25, 0.3) is 0 Å². The molecule has 0 radical (unpaired) electrons. The second-order valence-electron chi connectivity index (χ2n) is 7.08. The Bertz CT molecular complexity index is 406. The summed E-state index contributed by atoms with van der Waals surface area (Å²) in [4.78, 5) is 3.52. The molecule has 2 unspecified atom stereocenters. The standard InChI is InChI=1S/C16H24N2/c17-4-3-14-12-6-11-7-13(14)10-16(8-11,9-12)15-2-1-5-18-15/h1-2,5,11-14,18H,3-4,6-10,17H2. The van der Waals surface area contributed by atoms with Gasteiger partial charge in [-0.05, 0) is 80.9 Å². The van der Waals surface area contributed by atoms with Crippen LogP contribution in [0.4, 0.5) is 0 Å². The van der Waals surface area contributed by atoms with E-state index in [1.54, 1.807) is 0 Å². The smallest absolute Gasteiger partial charge is 0.0210 e. The van der Waals surface area contributed by atoms with Gasteiger partial charge in [-0.2, -0.15) is 0 Å². The summed E-state index contributed by atoms with van der Waals surface area (Å²) in [6, 6.07) is 4.50. The summed E-state index contributed by atoms with van der Waals surface area (Å²) < 4.78 is 0. The Hall–Kier alpha value is -0.760. The molecule has 0 amide bonds. The fourth-order valence-electron chi connectivity index (χ4n) is 5.78. The minimum absolute atomic E-state index is 0.505. The summed E-state index contributed by atoms with van der Waals surface area (Å²) in [5.74, 6) is 3.86. The van der Waals surface area contributed by atoms with Crippen LogP contribution in [0.1, 0.15) is 44.2 Å². The molecule has 5 rings (SSSR count). The molecule has 0 aliphatic heterocycles. The molecule has 3 N–H and O–H groups in total. The topological polar surface area (TPSA) is 41.8 Å². The van der Waals surface area contributed by atoms with Crippen molar-refractivity contribution in [1.82, 2.24) is 4.98 Å². The zero-order chi connectivity index (χ0) is 12.2. The van der Waals surface area contributed by atoms with Gasteiger partial charge >= 0.3 is 0 Å².